The number of aromatic amines is 1. The third-order valence-electron chi connectivity index (χ3n) is 5.93. The smallest absolute Gasteiger partial charge is 0.275 e. The Kier molecular flexibility index (Phi) is 3.53. The Bertz CT molecular complexity index is 1070. The van der Waals surface area contributed by atoms with Crippen molar-refractivity contribution in [1.82, 2.24) is 29.7 Å². The first-order valence-electron chi connectivity index (χ1n) is 9.92. The van der Waals surface area contributed by atoms with Crippen LogP contribution in [0.1, 0.15) is 65.2 Å². The number of aromatic nitrogens is 5. The van der Waals surface area contributed by atoms with Gasteiger partial charge in [-0.1, -0.05) is 11.3 Å². The summed E-state index contributed by atoms with van der Waals surface area (Å²) in [7, 11) is 0. The largest absolute Gasteiger partial charge is 0.297 e. The molecular weight excluding hydrogens is 360 g/mol. The van der Waals surface area contributed by atoms with Crippen molar-refractivity contribution in [1.29, 1.82) is 0 Å². The van der Waals surface area contributed by atoms with E-state index >= 15 is 0 Å². The average Bonchev–Trinajstić information content (AvgIpc) is 3.58. The lowest BCUT2D eigenvalue weighted by Gasteiger charge is -2.19. The Morgan fingerprint density at radius 3 is 2.78 bits per heavy atom. The van der Waals surface area contributed by atoms with Gasteiger partial charge in [0.05, 0.1) is 11.4 Å². The van der Waals surface area contributed by atoms with E-state index in [1.807, 2.05) is 0 Å². The Morgan fingerprint density at radius 1 is 1.15 bits per heavy atom. The topological polar surface area (TPSA) is 79.2 Å². The fourth-order valence-electron chi connectivity index (χ4n) is 4.08. The van der Waals surface area contributed by atoms with E-state index < -0.39 is 0 Å². The SMILES string of the molecule is O=c1cc(CN2CCc3[nH]nc(C4CC4)c3CC2)nc2sc(C3CC3)nn12. The van der Waals surface area contributed by atoms with Crippen LogP contribution in [0, 0.1) is 0 Å². The molecule has 0 bridgehead atoms. The summed E-state index contributed by atoms with van der Waals surface area (Å²) in [5.74, 6) is 1.24. The fraction of sp³-hybridized carbons (Fsp3) is 0.579. The van der Waals surface area contributed by atoms with Gasteiger partial charge in [-0.2, -0.15) is 14.7 Å². The first-order valence-corrected chi connectivity index (χ1v) is 10.7. The van der Waals surface area contributed by atoms with Crippen molar-refractivity contribution in [3.63, 3.8) is 0 Å². The van der Waals surface area contributed by atoms with E-state index in [1.54, 1.807) is 17.4 Å². The van der Waals surface area contributed by atoms with Crippen LogP contribution >= 0.6 is 11.3 Å². The molecule has 0 unspecified atom stereocenters. The molecule has 2 saturated carbocycles. The zero-order valence-corrected chi connectivity index (χ0v) is 16.0. The van der Waals surface area contributed by atoms with Crippen LogP contribution in [0.3, 0.4) is 0 Å². The van der Waals surface area contributed by atoms with Crippen LogP contribution in [-0.4, -0.2) is 42.8 Å². The lowest BCUT2D eigenvalue weighted by Crippen LogP contribution is -2.28. The molecule has 3 aliphatic rings. The van der Waals surface area contributed by atoms with Crippen LogP contribution in [0.5, 0.6) is 0 Å². The third-order valence-corrected chi connectivity index (χ3v) is 7.00. The fourth-order valence-corrected chi connectivity index (χ4v) is 5.18. The van der Waals surface area contributed by atoms with E-state index in [1.165, 1.54) is 47.1 Å². The molecule has 2 fully saturated rings. The zero-order chi connectivity index (χ0) is 18.0. The highest BCUT2D eigenvalue weighted by Crippen LogP contribution is 2.42. The molecule has 0 radical (unpaired) electrons. The summed E-state index contributed by atoms with van der Waals surface area (Å²) < 4.78 is 1.47. The predicted molar refractivity (Wildman–Crippen MR) is 102 cm³/mol. The number of H-pyrrole nitrogens is 1. The van der Waals surface area contributed by atoms with Crippen molar-refractivity contribution in [2.45, 2.75) is 56.9 Å². The van der Waals surface area contributed by atoms with Gasteiger partial charge in [0.2, 0.25) is 4.96 Å². The van der Waals surface area contributed by atoms with E-state index in [9.17, 15) is 4.79 Å². The Hall–Kier alpha value is -2.06. The summed E-state index contributed by atoms with van der Waals surface area (Å²) in [6, 6.07) is 1.66. The van der Waals surface area contributed by atoms with Crippen LogP contribution in [0.4, 0.5) is 0 Å². The lowest BCUT2D eigenvalue weighted by atomic mass is 10.1. The maximum atomic E-state index is 12.5. The standard InChI is InChI=1S/C19H22N6OS/c26-16-9-13(20-19-25(16)23-18(27-19)12-3-4-12)10-24-7-5-14-15(6-8-24)21-22-17(14)11-1-2-11/h9,11-12H,1-8,10H2,(H,21,22). The van der Waals surface area contributed by atoms with Crippen molar-refractivity contribution < 1.29 is 0 Å². The Labute approximate surface area is 160 Å². The summed E-state index contributed by atoms with van der Waals surface area (Å²) >= 11 is 1.57. The van der Waals surface area contributed by atoms with E-state index in [0.717, 1.165) is 48.1 Å². The molecular formula is C19H22N6OS. The molecule has 3 aromatic heterocycles. The van der Waals surface area contributed by atoms with Gasteiger partial charge in [0.25, 0.3) is 5.56 Å². The highest BCUT2D eigenvalue weighted by molar-refractivity contribution is 7.16. The summed E-state index contributed by atoms with van der Waals surface area (Å²) in [6.07, 6.45) is 6.97. The monoisotopic (exact) mass is 382 g/mol. The molecule has 7 nitrogen and oxygen atoms in total. The average molecular weight is 382 g/mol. The van der Waals surface area contributed by atoms with Gasteiger partial charge in [-0.3, -0.25) is 14.8 Å². The zero-order valence-electron chi connectivity index (χ0n) is 15.1. The van der Waals surface area contributed by atoms with Gasteiger partial charge in [-0.25, -0.2) is 4.98 Å². The van der Waals surface area contributed by atoms with Crippen LogP contribution < -0.4 is 5.56 Å². The van der Waals surface area contributed by atoms with E-state index in [0.29, 0.717) is 11.8 Å². The second kappa shape index (κ2) is 5.97. The minimum Gasteiger partial charge on any atom is -0.297 e. The Morgan fingerprint density at radius 2 is 1.96 bits per heavy atom. The highest BCUT2D eigenvalue weighted by atomic mass is 32.1. The maximum absolute atomic E-state index is 12.5. The molecule has 0 aromatic carbocycles. The molecule has 2 aliphatic carbocycles. The van der Waals surface area contributed by atoms with Gasteiger partial charge in [-0.15, -0.1) is 0 Å². The van der Waals surface area contributed by atoms with Crippen LogP contribution in [-0.2, 0) is 19.4 Å². The molecule has 4 heterocycles. The minimum atomic E-state index is -0.0570. The molecule has 6 rings (SSSR count). The first-order chi connectivity index (χ1) is 13.2. The predicted octanol–water partition coefficient (Wildman–Crippen LogP) is 2.23. The van der Waals surface area contributed by atoms with Crippen LogP contribution in [0.25, 0.3) is 4.96 Å². The quantitative estimate of drug-likeness (QED) is 0.749. The number of hydrogen-bond acceptors (Lipinski definition) is 6. The molecule has 1 aliphatic heterocycles. The summed E-state index contributed by atoms with van der Waals surface area (Å²) in [5, 5.41) is 13.4. The molecule has 140 valence electrons. The summed E-state index contributed by atoms with van der Waals surface area (Å²) in [4.78, 5) is 20.4. The molecule has 27 heavy (non-hydrogen) atoms. The maximum Gasteiger partial charge on any atom is 0.275 e. The molecule has 0 atom stereocenters. The number of hydrogen-bond donors (Lipinski definition) is 1. The first kappa shape index (κ1) is 15.9. The minimum absolute atomic E-state index is 0.0570. The van der Waals surface area contributed by atoms with Gasteiger partial charge in [0.1, 0.15) is 5.01 Å². The van der Waals surface area contributed by atoms with Gasteiger partial charge < -0.3 is 0 Å². The second-order valence-electron chi connectivity index (χ2n) is 8.11. The molecule has 0 saturated heterocycles. The number of fused-ring (bicyclic) bond motifs is 2. The third kappa shape index (κ3) is 2.91. The van der Waals surface area contributed by atoms with Gasteiger partial charge in [-0.05, 0) is 37.7 Å². The van der Waals surface area contributed by atoms with Crippen molar-refractivity contribution in [3.05, 3.63) is 44.1 Å². The molecule has 0 amide bonds. The molecule has 3 aromatic rings. The number of nitrogens with one attached hydrogen (secondary N) is 1. The van der Waals surface area contributed by atoms with Crippen molar-refractivity contribution >= 4 is 16.3 Å². The summed E-state index contributed by atoms with van der Waals surface area (Å²) in [5.41, 5.74) is 4.86. The lowest BCUT2D eigenvalue weighted by molar-refractivity contribution is 0.275. The van der Waals surface area contributed by atoms with Crippen LogP contribution in [0.2, 0.25) is 0 Å². The van der Waals surface area contributed by atoms with Gasteiger partial charge >= 0.3 is 0 Å². The highest BCUT2D eigenvalue weighted by Gasteiger charge is 2.31. The number of rotatable bonds is 4. The van der Waals surface area contributed by atoms with Crippen LogP contribution in [0.15, 0.2) is 10.9 Å². The molecule has 0 spiro atoms. The molecule has 8 heteroatoms. The number of nitrogens with zero attached hydrogens (tertiary/aromatic N) is 5. The van der Waals surface area contributed by atoms with E-state index in [2.05, 4.69) is 20.2 Å². The van der Waals surface area contributed by atoms with E-state index in [-0.39, 0.29) is 5.56 Å². The van der Waals surface area contributed by atoms with Crippen molar-refractivity contribution in [2.24, 2.45) is 0 Å². The van der Waals surface area contributed by atoms with Crippen molar-refractivity contribution in [2.75, 3.05) is 13.1 Å². The van der Waals surface area contributed by atoms with Crippen molar-refractivity contribution in [3.8, 4) is 0 Å². The summed E-state index contributed by atoms with van der Waals surface area (Å²) in [6.45, 7) is 2.68. The Balaban J connectivity index is 1.22. The van der Waals surface area contributed by atoms with Gasteiger partial charge in [0, 0.05) is 49.7 Å². The van der Waals surface area contributed by atoms with Gasteiger partial charge in [0.15, 0.2) is 0 Å². The molecule has 1 N–H and O–H groups in total. The normalized spacial score (nSPS) is 20.7. The second-order valence-corrected chi connectivity index (χ2v) is 9.10. The van der Waals surface area contributed by atoms with E-state index in [4.69, 9.17) is 4.98 Å².